The Bertz CT molecular complexity index is 1190. The van der Waals surface area contributed by atoms with Gasteiger partial charge in [-0.25, -0.2) is 13.5 Å². The quantitative estimate of drug-likeness (QED) is 0.544. The summed E-state index contributed by atoms with van der Waals surface area (Å²) in [7, 11) is 0. The Labute approximate surface area is 195 Å². The number of piperazine rings is 1. The Balaban J connectivity index is 1.29. The van der Waals surface area contributed by atoms with E-state index >= 15 is 0 Å². The van der Waals surface area contributed by atoms with Gasteiger partial charge in [0.05, 0.1) is 10.7 Å². The van der Waals surface area contributed by atoms with Crippen molar-refractivity contribution in [3.63, 3.8) is 0 Å². The van der Waals surface area contributed by atoms with E-state index in [0.717, 1.165) is 5.69 Å². The molecule has 0 spiro atoms. The Hall–Kier alpha value is -3.26. The second-order valence-electron chi connectivity index (χ2n) is 7.86. The molecule has 3 aromatic rings. The lowest BCUT2D eigenvalue weighted by atomic mass is 10.1. The van der Waals surface area contributed by atoms with E-state index in [1.807, 2.05) is 0 Å². The fraction of sp³-hybridized carbons (Fsp3) is 0.292. The predicted molar refractivity (Wildman–Crippen MR) is 123 cm³/mol. The van der Waals surface area contributed by atoms with Crippen molar-refractivity contribution in [3.05, 3.63) is 81.6 Å². The minimum Gasteiger partial charge on any atom is -0.368 e. The molecule has 33 heavy (non-hydrogen) atoms. The van der Waals surface area contributed by atoms with Crippen LogP contribution >= 0.6 is 11.6 Å². The fourth-order valence-corrected chi connectivity index (χ4v) is 3.99. The SMILES string of the molecule is O=C(CCCn1nc(-c2ccc(F)cc2)ccc1=O)N1CCN(c2ccc(F)c(Cl)c2)CC1. The van der Waals surface area contributed by atoms with Gasteiger partial charge in [-0.3, -0.25) is 9.59 Å². The molecule has 0 unspecified atom stereocenters. The second kappa shape index (κ2) is 10.1. The van der Waals surface area contributed by atoms with Gasteiger partial charge in [-0.2, -0.15) is 5.10 Å². The van der Waals surface area contributed by atoms with Gasteiger partial charge in [-0.15, -0.1) is 0 Å². The monoisotopic (exact) mass is 472 g/mol. The minimum atomic E-state index is -0.453. The maximum absolute atomic E-state index is 13.4. The molecule has 1 fully saturated rings. The predicted octanol–water partition coefficient (Wildman–Crippen LogP) is 3.97. The van der Waals surface area contributed by atoms with Crippen LogP contribution < -0.4 is 10.5 Å². The number of rotatable bonds is 6. The number of benzene rings is 2. The lowest BCUT2D eigenvalue weighted by Crippen LogP contribution is -2.48. The second-order valence-corrected chi connectivity index (χ2v) is 8.26. The molecule has 1 saturated heterocycles. The molecule has 0 bridgehead atoms. The van der Waals surface area contributed by atoms with Gasteiger partial charge in [-0.05, 0) is 55.0 Å². The van der Waals surface area contributed by atoms with Gasteiger partial charge in [-0.1, -0.05) is 11.6 Å². The molecule has 0 radical (unpaired) electrons. The summed E-state index contributed by atoms with van der Waals surface area (Å²) in [6.07, 6.45) is 0.781. The van der Waals surface area contributed by atoms with E-state index in [1.165, 1.54) is 28.9 Å². The number of aryl methyl sites for hydroxylation is 1. The number of hydrogen-bond acceptors (Lipinski definition) is 4. The number of carbonyl (C=O) groups is 1. The molecular weight excluding hydrogens is 450 g/mol. The summed E-state index contributed by atoms with van der Waals surface area (Å²) in [5, 5.41) is 4.43. The lowest BCUT2D eigenvalue weighted by molar-refractivity contribution is -0.131. The summed E-state index contributed by atoms with van der Waals surface area (Å²) in [6, 6.07) is 13.6. The summed E-state index contributed by atoms with van der Waals surface area (Å²) in [4.78, 5) is 28.7. The molecule has 0 atom stereocenters. The first-order chi connectivity index (χ1) is 15.9. The van der Waals surface area contributed by atoms with Crippen LogP contribution in [-0.4, -0.2) is 46.8 Å². The average Bonchev–Trinajstić information content (AvgIpc) is 2.82. The van der Waals surface area contributed by atoms with Crippen LogP contribution in [0.5, 0.6) is 0 Å². The van der Waals surface area contributed by atoms with Gasteiger partial charge in [0.2, 0.25) is 5.91 Å². The first-order valence-electron chi connectivity index (χ1n) is 10.7. The van der Waals surface area contributed by atoms with E-state index in [4.69, 9.17) is 11.6 Å². The summed E-state index contributed by atoms with van der Waals surface area (Å²) in [5.74, 6) is -0.770. The number of hydrogen-bond donors (Lipinski definition) is 0. The van der Waals surface area contributed by atoms with Crippen molar-refractivity contribution in [1.82, 2.24) is 14.7 Å². The zero-order chi connectivity index (χ0) is 23.4. The number of nitrogens with zero attached hydrogens (tertiary/aromatic N) is 4. The van der Waals surface area contributed by atoms with Gasteiger partial charge in [0.1, 0.15) is 11.6 Å². The number of anilines is 1. The van der Waals surface area contributed by atoms with Gasteiger partial charge in [0.25, 0.3) is 5.56 Å². The van der Waals surface area contributed by atoms with Crippen LogP contribution in [-0.2, 0) is 11.3 Å². The van der Waals surface area contributed by atoms with Crippen molar-refractivity contribution < 1.29 is 13.6 Å². The molecule has 1 aromatic heterocycles. The molecule has 0 saturated carbocycles. The first kappa shape index (κ1) is 22.9. The normalized spacial score (nSPS) is 13.9. The Morgan fingerprint density at radius 3 is 2.39 bits per heavy atom. The molecule has 172 valence electrons. The molecule has 9 heteroatoms. The zero-order valence-electron chi connectivity index (χ0n) is 17.9. The van der Waals surface area contributed by atoms with Crippen LogP contribution in [0.2, 0.25) is 5.02 Å². The van der Waals surface area contributed by atoms with Crippen LogP contribution in [0, 0.1) is 11.6 Å². The topological polar surface area (TPSA) is 58.4 Å². The lowest BCUT2D eigenvalue weighted by Gasteiger charge is -2.36. The van der Waals surface area contributed by atoms with Crippen LogP contribution in [0.3, 0.4) is 0 Å². The number of carbonyl (C=O) groups excluding carboxylic acids is 1. The van der Waals surface area contributed by atoms with Crippen molar-refractivity contribution >= 4 is 23.2 Å². The molecule has 2 heterocycles. The van der Waals surface area contributed by atoms with E-state index in [-0.39, 0.29) is 22.3 Å². The number of halogens is 3. The van der Waals surface area contributed by atoms with Crippen molar-refractivity contribution in [1.29, 1.82) is 0 Å². The Kier molecular flexibility index (Phi) is 7.03. The fourth-order valence-electron chi connectivity index (χ4n) is 3.82. The van der Waals surface area contributed by atoms with Gasteiger partial charge in [0, 0.05) is 56.5 Å². The minimum absolute atomic E-state index is 0.0227. The highest BCUT2D eigenvalue weighted by Crippen LogP contribution is 2.24. The molecule has 6 nitrogen and oxygen atoms in total. The highest BCUT2D eigenvalue weighted by atomic mass is 35.5. The first-order valence-corrected chi connectivity index (χ1v) is 11.1. The zero-order valence-corrected chi connectivity index (χ0v) is 18.6. The molecule has 1 amide bonds. The maximum atomic E-state index is 13.4. The van der Waals surface area contributed by atoms with Crippen LogP contribution in [0.1, 0.15) is 12.8 Å². The van der Waals surface area contributed by atoms with Crippen molar-refractivity contribution in [2.75, 3.05) is 31.1 Å². The van der Waals surface area contributed by atoms with Crippen LogP contribution in [0.25, 0.3) is 11.3 Å². The van der Waals surface area contributed by atoms with Crippen LogP contribution in [0.4, 0.5) is 14.5 Å². The molecule has 0 aliphatic carbocycles. The summed E-state index contributed by atoms with van der Waals surface area (Å²) < 4.78 is 27.9. The Morgan fingerprint density at radius 1 is 0.970 bits per heavy atom. The third-order valence-electron chi connectivity index (χ3n) is 5.67. The van der Waals surface area contributed by atoms with E-state index in [0.29, 0.717) is 56.8 Å². The van der Waals surface area contributed by atoms with E-state index in [9.17, 15) is 18.4 Å². The smallest absolute Gasteiger partial charge is 0.266 e. The molecule has 0 N–H and O–H groups in total. The van der Waals surface area contributed by atoms with E-state index in [2.05, 4.69) is 10.00 Å². The summed E-state index contributed by atoms with van der Waals surface area (Å²) >= 11 is 5.87. The van der Waals surface area contributed by atoms with Crippen molar-refractivity contribution in [2.24, 2.45) is 0 Å². The highest BCUT2D eigenvalue weighted by molar-refractivity contribution is 6.31. The van der Waals surface area contributed by atoms with Crippen LogP contribution in [0.15, 0.2) is 59.4 Å². The largest absolute Gasteiger partial charge is 0.368 e. The highest BCUT2D eigenvalue weighted by Gasteiger charge is 2.21. The Morgan fingerprint density at radius 2 is 1.70 bits per heavy atom. The van der Waals surface area contributed by atoms with Gasteiger partial charge < -0.3 is 9.80 Å². The molecule has 1 aliphatic heterocycles. The number of aromatic nitrogens is 2. The third-order valence-corrected chi connectivity index (χ3v) is 5.96. The van der Waals surface area contributed by atoms with Gasteiger partial charge in [0.15, 0.2) is 0 Å². The molecule has 4 rings (SSSR count). The standard InChI is InChI=1S/C24H23ClF2N4O2/c25-20-16-19(7-8-21(20)27)29-12-14-30(15-13-29)23(32)2-1-11-31-24(33)10-9-22(28-31)17-3-5-18(26)6-4-17/h3-10,16H,1-2,11-15H2. The summed E-state index contributed by atoms with van der Waals surface area (Å²) in [5.41, 5.74) is 1.86. The van der Waals surface area contributed by atoms with E-state index in [1.54, 1.807) is 35.2 Å². The van der Waals surface area contributed by atoms with Crippen molar-refractivity contribution in [3.8, 4) is 11.3 Å². The molecule has 1 aliphatic rings. The molecular formula is C24H23ClF2N4O2. The van der Waals surface area contributed by atoms with E-state index < -0.39 is 5.82 Å². The maximum Gasteiger partial charge on any atom is 0.266 e. The number of amides is 1. The average molecular weight is 473 g/mol. The third kappa shape index (κ3) is 5.57. The van der Waals surface area contributed by atoms with Crippen molar-refractivity contribution in [2.45, 2.75) is 19.4 Å². The summed E-state index contributed by atoms with van der Waals surface area (Å²) in [6.45, 7) is 2.70. The van der Waals surface area contributed by atoms with Gasteiger partial charge >= 0.3 is 0 Å². The molecule has 2 aromatic carbocycles.